The van der Waals surface area contributed by atoms with Gasteiger partial charge in [-0.05, 0) is 154 Å². The van der Waals surface area contributed by atoms with Gasteiger partial charge >= 0.3 is 0 Å². The number of phenols is 1. The molecule has 3 nitrogen and oxygen atoms in total. The van der Waals surface area contributed by atoms with Crippen LogP contribution in [-0.4, -0.2) is 37.3 Å². The summed E-state index contributed by atoms with van der Waals surface area (Å²) in [6.45, 7) is 36.8. The van der Waals surface area contributed by atoms with Crippen LogP contribution in [0.25, 0.3) is 0 Å². The molecule has 6 unspecified atom stereocenters. The molecule has 3 heteroatoms. The molecule has 0 bridgehead atoms. The number of rotatable bonds is 5. The van der Waals surface area contributed by atoms with Gasteiger partial charge in [-0.3, -0.25) is 0 Å². The van der Waals surface area contributed by atoms with Gasteiger partial charge in [0.1, 0.15) is 11.5 Å². The van der Waals surface area contributed by atoms with E-state index in [9.17, 15) is 5.11 Å². The highest BCUT2D eigenvalue weighted by molar-refractivity contribution is 5.56. The molecule has 272 valence electrons. The third-order valence-corrected chi connectivity index (χ3v) is 11.3. The number of benzene rings is 2. The SMILES string of the molecule is CC.CC.CC.CC.CCN(C)C.Cc1c(C)c2c(c(C)c1O)C[C@@H](C)C1C2C(C)CC2(C)C1CC(C)[C@@H]2CCOc1ccccc1. The average molecular weight is 654 g/mol. The number of hydrogen-bond donors (Lipinski definition) is 1. The Bertz CT molecular complexity index is 1130. The zero-order chi connectivity index (χ0) is 36.6. The summed E-state index contributed by atoms with van der Waals surface area (Å²) in [5.74, 6) is 6.47. The second-order valence-corrected chi connectivity index (χ2v) is 13.9. The third kappa shape index (κ3) is 10.3. The minimum atomic E-state index is 0.390. The van der Waals surface area contributed by atoms with E-state index in [2.05, 4.69) is 98.7 Å². The number of nitrogens with zero attached hydrogens (tertiary/aromatic N) is 1. The maximum Gasteiger partial charge on any atom is 0.121 e. The van der Waals surface area contributed by atoms with E-state index in [-0.39, 0.29) is 0 Å². The van der Waals surface area contributed by atoms with Gasteiger partial charge in [0.2, 0.25) is 0 Å². The number of ether oxygens (including phenoxy) is 1. The van der Waals surface area contributed by atoms with E-state index < -0.39 is 0 Å². The van der Waals surface area contributed by atoms with Crippen molar-refractivity contribution in [2.75, 3.05) is 27.2 Å². The van der Waals surface area contributed by atoms with Gasteiger partial charge in [-0.25, -0.2) is 0 Å². The summed E-state index contributed by atoms with van der Waals surface area (Å²) in [4.78, 5) is 2.12. The quantitative estimate of drug-likeness (QED) is 0.348. The molecule has 2 aromatic rings. The van der Waals surface area contributed by atoms with E-state index in [4.69, 9.17) is 4.74 Å². The lowest BCUT2D eigenvalue weighted by Crippen LogP contribution is -2.49. The van der Waals surface area contributed by atoms with Crippen LogP contribution in [0.5, 0.6) is 11.5 Å². The van der Waals surface area contributed by atoms with Crippen LogP contribution in [0.3, 0.4) is 0 Å². The second kappa shape index (κ2) is 21.9. The highest BCUT2D eigenvalue weighted by Gasteiger charge is 2.60. The molecule has 0 amide bonds. The fourth-order valence-electron chi connectivity index (χ4n) is 9.18. The second-order valence-electron chi connectivity index (χ2n) is 13.9. The molecule has 3 aliphatic carbocycles. The first-order valence-electron chi connectivity index (χ1n) is 19.6. The highest BCUT2D eigenvalue weighted by Crippen LogP contribution is 2.68. The van der Waals surface area contributed by atoms with Gasteiger partial charge in [-0.15, -0.1) is 0 Å². The minimum absolute atomic E-state index is 0.390. The zero-order valence-electron chi connectivity index (χ0n) is 34.5. The normalized spacial score (nSPS) is 27.9. The number of phenolic OH excluding ortho intramolecular Hbond substituents is 1. The Morgan fingerprint density at radius 2 is 1.34 bits per heavy atom. The van der Waals surface area contributed by atoms with Gasteiger partial charge < -0.3 is 14.7 Å². The maximum absolute atomic E-state index is 10.8. The van der Waals surface area contributed by atoms with Crippen LogP contribution in [0.4, 0.5) is 0 Å². The fourth-order valence-corrected chi connectivity index (χ4v) is 9.18. The van der Waals surface area contributed by atoms with Crippen molar-refractivity contribution >= 4 is 0 Å². The fraction of sp³-hybridized carbons (Fsp3) is 0.727. The maximum atomic E-state index is 10.8. The largest absolute Gasteiger partial charge is 0.507 e. The lowest BCUT2D eigenvalue weighted by molar-refractivity contribution is -0.0294. The van der Waals surface area contributed by atoms with E-state index in [0.29, 0.717) is 28.9 Å². The topological polar surface area (TPSA) is 32.7 Å². The van der Waals surface area contributed by atoms with Crippen LogP contribution in [0.2, 0.25) is 0 Å². The molecule has 2 fully saturated rings. The Hall–Kier alpha value is -2.00. The molecule has 0 aliphatic heterocycles. The number of aromatic hydroxyl groups is 1. The Balaban J connectivity index is 0.00000143. The first kappa shape index (κ1) is 45.0. The highest BCUT2D eigenvalue weighted by atomic mass is 16.5. The van der Waals surface area contributed by atoms with Crippen molar-refractivity contribution in [2.45, 2.75) is 142 Å². The Labute approximate surface area is 294 Å². The Morgan fingerprint density at radius 3 is 1.85 bits per heavy atom. The van der Waals surface area contributed by atoms with Gasteiger partial charge in [0.15, 0.2) is 0 Å². The zero-order valence-corrected chi connectivity index (χ0v) is 34.5. The van der Waals surface area contributed by atoms with Crippen molar-refractivity contribution < 1.29 is 9.84 Å². The molecular formula is C44H79NO2. The molecular weight excluding hydrogens is 574 g/mol. The van der Waals surface area contributed by atoms with E-state index >= 15 is 0 Å². The predicted molar refractivity (Wildman–Crippen MR) is 210 cm³/mol. The van der Waals surface area contributed by atoms with E-state index in [0.717, 1.165) is 66.5 Å². The van der Waals surface area contributed by atoms with Gasteiger partial charge in [-0.1, -0.05) is 108 Å². The van der Waals surface area contributed by atoms with Crippen LogP contribution in [-0.2, 0) is 6.42 Å². The molecule has 2 aromatic carbocycles. The monoisotopic (exact) mass is 654 g/mol. The van der Waals surface area contributed by atoms with Crippen LogP contribution >= 0.6 is 0 Å². The van der Waals surface area contributed by atoms with Crippen molar-refractivity contribution in [3.8, 4) is 11.5 Å². The van der Waals surface area contributed by atoms with Gasteiger partial charge in [0, 0.05) is 0 Å². The lowest BCUT2D eigenvalue weighted by Gasteiger charge is -2.56. The summed E-state index contributed by atoms with van der Waals surface area (Å²) in [7, 11) is 4.11. The average Bonchev–Trinajstić information content (AvgIpc) is 3.35. The van der Waals surface area contributed by atoms with Crippen molar-refractivity contribution in [3.63, 3.8) is 0 Å². The molecule has 3 aliphatic rings. The van der Waals surface area contributed by atoms with Crippen molar-refractivity contribution in [1.29, 1.82) is 0 Å². The molecule has 47 heavy (non-hydrogen) atoms. The van der Waals surface area contributed by atoms with Crippen LogP contribution in [0.15, 0.2) is 30.3 Å². The standard InChI is InChI=1S/C32H44O2.C4H11N.4C2H6/c1-18-16-27-28-19(2)15-25-23(6)31(33)22(5)21(4)30(25)29(28)20(3)17-32(27,7)26(18)13-14-34-24-11-9-8-10-12-24;1-4-5(2)3;4*1-2/h8-12,18-20,26-29,33H,13-17H2,1-7H3;4H2,1-3H3;4*1-2H3/t18?,19-,20?,26+,27?,28?,29?,32?;;;;;/m1...../s1. The predicted octanol–water partition coefficient (Wildman–Crippen LogP) is 12.7. The molecule has 8 atom stereocenters. The summed E-state index contributed by atoms with van der Waals surface area (Å²) in [6, 6.07) is 10.3. The van der Waals surface area contributed by atoms with E-state index in [1.54, 1.807) is 5.56 Å². The van der Waals surface area contributed by atoms with Crippen molar-refractivity contribution in [2.24, 2.45) is 40.9 Å². The minimum Gasteiger partial charge on any atom is -0.507 e. The summed E-state index contributed by atoms with van der Waals surface area (Å²) < 4.78 is 6.17. The Morgan fingerprint density at radius 1 is 0.809 bits per heavy atom. The first-order chi connectivity index (χ1) is 22.4. The third-order valence-electron chi connectivity index (χ3n) is 11.3. The van der Waals surface area contributed by atoms with E-state index in [1.165, 1.54) is 24.0 Å². The summed E-state index contributed by atoms with van der Waals surface area (Å²) in [6.07, 6.45) is 4.94. The summed E-state index contributed by atoms with van der Waals surface area (Å²) in [5.41, 5.74) is 7.05. The van der Waals surface area contributed by atoms with Gasteiger partial charge in [-0.2, -0.15) is 0 Å². The van der Waals surface area contributed by atoms with Crippen LogP contribution < -0.4 is 4.74 Å². The molecule has 0 radical (unpaired) electrons. The van der Waals surface area contributed by atoms with Crippen molar-refractivity contribution in [1.82, 2.24) is 4.90 Å². The van der Waals surface area contributed by atoms with Crippen molar-refractivity contribution in [3.05, 3.63) is 58.1 Å². The van der Waals surface area contributed by atoms with Gasteiger partial charge in [0.25, 0.3) is 0 Å². The number of fused-ring (bicyclic) bond motifs is 5. The van der Waals surface area contributed by atoms with Gasteiger partial charge in [0.05, 0.1) is 6.61 Å². The molecule has 0 aromatic heterocycles. The summed E-state index contributed by atoms with van der Waals surface area (Å²) in [5, 5.41) is 10.8. The lowest BCUT2D eigenvalue weighted by atomic mass is 9.48. The molecule has 0 spiro atoms. The molecule has 0 saturated heterocycles. The van der Waals surface area contributed by atoms with Crippen LogP contribution in [0, 0.1) is 61.7 Å². The molecule has 2 saturated carbocycles. The Kier molecular flexibility index (Phi) is 20.9. The first-order valence-corrected chi connectivity index (χ1v) is 19.6. The molecule has 5 rings (SSSR count). The molecule has 0 heterocycles. The van der Waals surface area contributed by atoms with E-state index in [1.807, 2.05) is 61.5 Å². The number of hydrogen-bond acceptors (Lipinski definition) is 3. The number of para-hydroxylation sites is 1. The smallest absolute Gasteiger partial charge is 0.121 e. The molecule has 1 N–H and O–H groups in total. The van der Waals surface area contributed by atoms with Crippen LogP contribution in [0.1, 0.15) is 143 Å². The summed E-state index contributed by atoms with van der Waals surface area (Å²) >= 11 is 0.